The van der Waals surface area contributed by atoms with E-state index in [9.17, 15) is 13.2 Å². The number of ether oxygens (including phenoxy) is 1. The van der Waals surface area contributed by atoms with Crippen molar-refractivity contribution in [3.8, 4) is 0 Å². The summed E-state index contributed by atoms with van der Waals surface area (Å²) in [5.41, 5.74) is 1.20. The monoisotopic (exact) mass is 447 g/mol. The van der Waals surface area contributed by atoms with Gasteiger partial charge in [-0.25, -0.2) is 13.1 Å². The fourth-order valence-corrected chi connectivity index (χ4v) is 5.43. The zero-order valence-electron chi connectivity index (χ0n) is 17.4. The summed E-state index contributed by atoms with van der Waals surface area (Å²) >= 11 is 0. The van der Waals surface area contributed by atoms with E-state index in [4.69, 9.17) is 9.15 Å². The molecule has 0 bridgehead atoms. The van der Waals surface area contributed by atoms with Crippen molar-refractivity contribution in [2.45, 2.75) is 43.8 Å². The highest BCUT2D eigenvalue weighted by Crippen LogP contribution is 2.28. The van der Waals surface area contributed by atoms with Crippen LogP contribution in [0.5, 0.6) is 0 Å². The second-order valence-corrected chi connectivity index (χ2v) is 9.35. The predicted molar refractivity (Wildman–Crippen MR) is 112 cm³/mol. The number of nitrogens with zero attached hydrogens (tertiary/aromatic N) is 4. The summed E-state index contributed by atoms with van der Waals surface area (Å²) in [6, 6.07) is 7.56. The Morgan fingerprint density at radius 3 is 2.90 bits per heavy atom. The lowest BCUT2D eigenvalue weighted by Crippen LogP contribution is -2.45. The van der Waals surface area contributed by atoms with Crippen molar-refractivity contribution >= 4 is 27.0 Å². The van der Waals surface area contributed by atoms with E-state index in [-0.39, 0.29) is 17.3 Å². The molecular weight excluding hydrogens is 422 g/mol. The highest BCUT2D eigenvalue weighted by molar-refractivity contribution is 7.89. The number of hydrogen-bond donors (Lipinski definition) is 1. The standard InChI is InChI=1S/C20H25N5O5S/c1-14-5-6-15(30-14)13-21-20(26)19-4-3-9-25(19)31(27,28)16-7-8-18-17(12-16)22-23-24(18)10-11-29-2/h5-8,12,19H,3-4,9-11,13H2,1-2H3,(H,21,26)/t19-/m0/s1. The molecule has 0 aliphatic carbocycles. The third kappa shape index (κ3) is 4.34. The Labute approximate surface area is 180 Å². The van der Waals surface area contributed by atoms with Crippen LogP contribution in [-0.2, 0) is 32.6 Å². The van der Waals surface area contributed by atoms with Gasteiger partial charge in [0.15, 0.2) is 0 Å². The van der Waals surface area contributed by atoms with E-state index in [0.717, 1.165) is 11.3 Å². The number of methoxy groups -OCH3 is 1. The molecule has 1 aliphatic heterocycles. The molecule has 0 radical (unpaired) electrons. The first-order valence-corrected chi connectivity index (χ1v) is 11.5. The van der Waals surface area contributed by atoms with Crippen LogP contribution in [0.3, 0.4) is 0 Å². The Morgan fingerprint density at radius 2 is 2.16 bits per heavy atom. The Bertz CT molecular complexity index is 1190. The molecule has 0 unspecified atom stereocenters. The minimum absolute atomic E-state index is 0.0974. The first kappa shape index (κ1) is 21.5. The van der Waals surface area contributed by atoms with Crippen LogP contribution >= 0.6 is 0 Å². The third-order valence-corrected chi connectivity index (χ3v) is 7.24. The molecule has 4 rings (SSSR count). The second kappa shape index (κ2) is 8.77. The van der Waals surface area contributed by atoms with Crippen LogP contribution in [0.1, 0.15) is 24.4 Å². The quantitative estimate of drug-likeness (QED) is 0.555. The van der Waals surface area contributed by atoms with Gasteiger partial charge in [0.1, 0.15) is 23.1 Å². The highest BCUT2D eigenvalue weighted by Gasteiger charge is 2.39. The molecule has 3 heterocycles. The van der Waals surface area contributed by atoms with Gasteiger partial charge in [-0.1, -0.05) is 5.21 Å². The van der Waals surface area contributed by atoms with E-state index in [1.165, 1.54) is 16.4 Å². The lowest BCUT2D eigenvalue weighted by molar-refractivity contribution is -0.124. The van der Waals surface area contributed by atoms with E-state index >= 15 is 0 Å². The smallest absolute Gasteiger partial charge is 0.243 e. The second-order valence-electron chi connectivity index (χ2n) is 7.46. The van der Waals surface area contributed by atoms with Crippen molar-refractivity contribution in [2.75, 3.05) is 20.3 Å². The van der Waals surface area contributed by atoms with Gasteiger partial charge in [0, 0.05) is 13.7 Å². The number of carbonyl (C=O) groups is 1. The summed E-state index contributed by atoms with van der Waals surface area (Å²) in [6.07, 6.45) is 1.09. The van der Waals surface area contributed by atoms with Crippen LogP contribution in [0.25, 0.3) is 11.0 Å². The van der Waals surface area contributed by atoms with E-state index < -0.39 is 16.1 Å². The number of carbonyl (C=O) groups excluding carboxylic acids is 1. The lowest BCUT2D eigenvalue weighted by atomic mass is 10.2. The van der Waals surface area contributed by atoms with Crippen molar-refractivity contribution in [1.82, 2.24) is 24.6 Å². The Balaban J connectivity index is 1.52. The molecule has 1 amide bonds. The molecule has 11 heteroatoms. The summed E-state index contributed by atoms with van der Waals surface area (Å²) in [4.78, 5) is 12.8. The molecule has 166 valence electrons. The van der Waals surface area contributed by atoms with Crippen LogP contribution in [0.15, 0.2) is 39.6 Å². The minimum Gasteiger partial charge on any atom is -0.465 e. The van der Waals surface area contributed by atoms with Crippen molar-refractivity contribution in [3.05, 3.63) is 41.9 Å². The molecule has 31 heavy (non-hydrogen) atoms. The molecule has 1 aliphatic rings. The molecule has 10 nitrogen and oxygen atoms in total. The van der Waals surface area contributed by atoms with Crippen LogP contribution in [0.4, 0.5) is 0 Å². The van der Waals surface area contributed by atoms with Crippen molar-refractivity contribution < 1.29 is 22.4 Å². The molecular formula is C20H25N5O5S. The van der Waals surface area contributed by atoms with Gasteiger partial charge < -0.3 is 14.5 Å². The van der Waals surface area contributed by atoms with Crippen LogP contribution in [0.2, 0.25) is 0 Å². The normalized spacial score (nSPS) is 17.4. The number of aryl methyl sites for hydroxylation is 1. The SMILES string of the molecule is COCCn1nnc2cc(S(=O)(=O)N3CCC[C@H]3C(=O)NCc3ccc(C)o3)ccc21. The first-order valence-electron chi connectivity index (χ1n) is 10.1. The van der Waals surface area contributed by atoms with Gasteiger partial charge in [0.25, 0.3) is 0 Å². The molecule has 0 saturated carbocycles. The maximum Gasteiger partial charge on any atom is 0.243 e. The number of rotatable bonds is 8. The summed E-state index contributed by atoms with van der Waals surface area (Å²) in [5, 5.41) is 10.9. The largest absolute Gasteiger partial charge is 0.465 e. The van der Waals surface area contributed by atoms with Crippen molar-refractivity contribution in [1.29, 1.82) is 0 Å². The Hall–Kier alpha value is -2.76. The van der Waals surface area contributed by atoms with Crippen LogP contribution < -0.4 is 5.32 Å². The molecule has 1 aromatic carbocycles. The predicted octanol–water partition coefficient (Wildman–Crippen LogP) is 1.45. The summed E-state index contributed by atoms with van der Waals surface area (Å²) in [5.74, 6) is 1.05. The van der Waals surface area contributed by atoms with Gasteiger partial charge in [0.2, 0.25) is 15.9 Å². The molecule has 1 saturated heterocycles. The zero-order chi connectivity index (χ0) is 22.0. The van der Waals surface area contributed by atoms with Gasteiger partial charge in [-0.3, -0.25) is 4.79 Å². The topological polar surface area (TPSA) is 120 Å². The number of benzene rings is 1. The lowest BCUT2D eigenvalue weighted by Gasteiger charge is -2.23. The number of sulfonamides is 1. The zero-order valence-corrected chi connectivity index (χ0v) is 18.3. The highest BCUT2D eigenvalue weighted by atomic mass is 32.2. The molecule has 3 aromatic rings. The average molecular weight is 448 g/mol. The van der Waals surface area contributed by atoms with Gasteiger partial charge >= 0.3 is 0 Å². The summed E-state index contributed by atoms with van der Waals surface area (Å²) in [7, 11) is -2.26. The molecule has 1 N–H and O–H groups in total. The van der Waals surface area contributed by atoms with Crippen molar-refractivity contribution in [3.63, 3.8) is 0 Å². The van der Waals surface area contributed by atoms with Crippen LogP contribution in [-0.4, -0.2) is 59.9 Å². The molecule has 0 spiro atoms. The minimum atomic E-state index is -3.86. The fourth-order valence-electron chi connectivity index (χ4n) is 3.75. The van der Waals surface area contributed by atoms with E-state index in [1.807, 2.05) is 13.0 Å². The molecule has 2 aromatic heterocycles. The average Bonchev–Trinajstić information content (AvgIpc) is 3.49. The van der Waals surface area contributed by atoms with E-state index in [1.54, 1.807) is 23.9 Å². The maximum absolute atomic E-state index is 13.3. The van der Waals surface area contributed by atoms with E-state index in [2.05, 4.69) is 15.6 Å². The maximum atomic E-state index is 13.3. The Morgan fingerprint density at radius 1 is 1.32 bits per heavy atom. The number of furan rings is 1. The molecule has 1 fully saturated rings. The van der Waals surface area contributed by atoms with Gasteiger partial charge in [-0.05, 0) is 50.1 Å². The van der Waals surface area contributed by atoms with E-state index in [0.29, 0.717) is 43.8 Å². The van der Waals surface area contributed by atoms with Gasteiger partial charge in [-0.15, -0.1) is 5.10 Å². The van der Waals surface area contributed by atoms with Crippen molar-refractivity contribution in [2.24, 2.45) is 0 Å². The number of nitrogens with one attached hydrogen (secondary N) is 1. The number of fused-ring (bicyclic) bond motifs is 1. The number of amides is 1. The van der Waals surface area contributed by atoms with Gasteiger partial charge in [-0.2, -0.15) is 4.31 Å². The summed E-state index contributed by atoms with van der Waals surface area (Å²) < 4.78 is 40.1. The van der Waals surface area contributed by atoms with Gasteiger partial charge in [0.05, 0.1) is 30.1 Å². The first-order chi connectivity index (χ1) is 14.9. The fraction of sp³-hybridized carbons (Fsp3) is 0.450. The van der Waals surface area contributed by atoms with Crippen LogP contribution in [0, 0.1) is 6.92 Å². The number of hydrogen-bond acceptors (Lipinski definition) is 7. The Kier molecular flexibility index (Phi) is 6.08. The number of aromatic nitrogens is 3. The third-order valence-electron chi connectivity index (χ3n) is 5.34. The molecule has 1 atom stereocenters. The summed E-state index contributed by atoms with van der Waals surface area (Å²) in [6.45, 7) is 3.32.